The number of hydrogen-bond acceptors (Lipinski definition) is 2. The van der Waals surface area contributed by atoms with Crippen LogP contribution < -0.4 is 5.73 Å². The van der Waals surface area contributed by atoms with Crippen LogP contribution in [-0.4, -0.2) is 9.55 Å². The maximum Gasteiger partial charge on any atom is 0.200 e. The van der Waals surface area contributed by atoms with Gasteiger partial charge in [0.1, 0.15) is 0 Å². The summed E-state index contributed by atoms with van der Waals surface area (Å²) in [6.07, 6.45) is 2.81. The van der Waals surface area contributed by atoms with Gasteiger partial charge in [0.15, 0.2) is 5.95 Å². The van der Waals surface area contributed by atoms with Crippen molar-refractivity contribution in [3.63, 3.8) is 0 Å². The summed E-state index contributed by atoms with van der Waals surface area (Å²) in [5.74, 6) is 0.567. The molecule has 2 N–H and O–H groups in total. The summed E-state index contributed by atoms with van der Waals surface area (Å²) in [7, 11) is 1.90. The maximum atomic E-state index is 5.67. The molecule has 0 aliphatic carbocycles. The fourth-order valence-corrected chi connectivity index (χ4v) is 1.54. The van der Waals surface area contributed by atoms with Crippen LogP contribution in [0.2, 0.25) is 0 Å². The average molecular weight is 201 g/mol. The average Bonchev–Trinajstić information content (AvgIpc) is 2.50. The lowest BCUT2D eigenvalue weighted by molar-refractivity contribution is 0.928. The first-order chi connectivity index (χ1) is 7.15. The molecular formula is C12H15N3. The van der Waals surface area contributed by atoms with Crippen molar-refractivity contribution in [1.82, 2.24) is 9.55 Å². The summed E-state index contributed by atoms with van der Waals surface area (Å²) in [6, 6.07) is 8.48. The molecule has 3 heteroatoms. The fraction of sp³-hybridized carbons (Fsp3) is 0.250. The van der Waals surface area contributed by atoms with Crippen LogP contribution >= 0.6 is 0 Å². The molecule has 1 aromatic heterocycles. The van der Waals surface area contributed by atoms with Crippen LogP contribution in [0.4, 0.5) is 5.95 Å². The highest BCUT2D eigenvalue weighted by atomic mass is 15.1. The first-order valence-corrected chi connectivity index (χ1v) is 4.98. The van der Waals surface area contributed by atoms with Gasteiger partial charge in [-0.15, -0.1) is 0 Å². The molecule has 0 unspecified atom stereocenters. The molecule has 0 saturated carbocycles. The number of benzene rings is 1. The number of rotatable bonds is 2. The molecule has 15 heavy (non-hydrogen) atoms. The van der Waals surface area contributed by atoms with E-state index in [4.69, 9.17) is 5.73 Å². The molecule has 1 aromatic carbocycles. The number of aromatic nitrogens is 2. The summed E-state index contributed by atoms with van der Waals surface area (Å²) in [6.45, 7) is 2.09. The monoisotopic (exact) mass is 201 g/mol. The lowest BCUT2D eigenvalue weighted by Gasteiger charge is -1.98. The third kappa shape index (κ3) is 2.18. The molecule has 0 spiro atoms. The molecule has 3 nitrogen and oxygen atoms in total. The van der Waals surface area contributed by atoms with Crippen LogP contribution in [0.1, 0.15) is 16.8 Å². The minimum absolute atomic E-state index is 0.567. The zero-order valence-electron chi connectivity index (χ0n) is 9.07. The lowest BCUT2D eigenvalue weighted by Crippen LogP contribution is -1.94. The van der Waals surface area contributed by atoms with Gasteiger partial charge in [-0.3, -0.25) is 0 Å². The van der Waals surface area contributed by atoms with Crippen LogP contribution in [0.5, 0.6) is 0 Å². The van der Waals surface area contributed by atoms with Gasteiger partial charge in [0.2, 0.25) is 0 Å². The Labute approximate surface area is 89.6 Å². The third-order valence-electron chi connectivity index (χ3n) is 2.47. The summed E-state index contributed by atoms with van der Waals surface area (Å²) >= 11 is 0. The smallest absolute Gasteiger partial charge is 0.200 e. The Bertz CT molecular complexity index is 435. The first-order valence-electron chi connectivity index (χ1n) is 4.98. The van der Waals surface area contributed by atoms with Gasteiger partial charge < -0.3 is 10.3 Å². The minimum Gasteiger partial charge on any atom is -0.369 e. The van der Waals surface area contributed by atoms with Crippen LogP contribution in [0.3, 0.4) is 0 Å². The number of hydrogen-bond donors (Lipinski definition) is 1. The Morgan fingerprint density at radius 1 is 1.27 bits per heavy atom. The Hall–Kier alpha value is -1.77. The normalized spacial score (nSPS) is 10.5. The molecule has 78 valence electrons. The largest absolute Gasteiger partial charge is 0.369 e. The van der Waals surface area contributed by atoms with Crippen LogP contribution in [0.15, 0.2) is 30.5 Å². The molecule has 0 amide bonds. The van der Waals surface area contributed by atoms with Crippen molar-refractivity contribution < 1.29 is 0 Å². The van der Waals surface area contributed by atoms with Crippen LogP contribution in [0.25, 0.3) is 0 Å². The maximum absolute atomic E-state index is 5.67. The van der Waals surface area contributed by atoms with Crippen molar-refractivity contribution in [2.24, 2.45) is 7.05 Å². The van der Waals surface area contributed by atoms with Crippen molar-refractivity contribution >= 4 is 5.95 Å². The molecule has 0 atom stereocenters. The Balaban J connectivity index is 2.18. The second kappa shape index (κ2) is 3.77. The van der Waals surface area contributed by atoms with Crippen LogP contribution in [0, 0.1) is 6.92 Å². The SMILES string of the molecule is Cc1ccc(Cc2cn(C)c(N)n2)cc1. The summed E-state index contributed by atoms with van der Waals surface area (Å²) < 4.78 is 1.84. The zero-order chi connectivity index (χ0) is 10.8. The molecule has 2 aromatic rings. The van der Waals surface area contributed by atoms with E-state index < -0.39 is 0 Å². The van der Waals surface area contributed by atoms with E-state index in [1.54, 1.807) is 0 Å². The van der Waals surface area contributed by atoms with E-state index >= 15 is 0 Å². The summed E-state index contributed by atoms with van der Waals surface area (Å²) in [4.78, 5) is 4.27. The number of nitrogens with zero attached hydrogens (tertiary/aromatic N) is 2. The molecule has 0 radical (unpaired) electrons. The molecule has 0 fully saturated rings. The Kier molecular flexibility index (Phi) is 2.46. The van der Waals surface area contributed by atoms with E-state index in [-0.39, 0.29) is 0 Å². The number of nitrogen functional groups attached to an aromatic ring is 1. The lowest BCUT2D eigenvalue weighted by atomic mass is 10.1. The van der Waals surface area contributed by atoms with E-state index in [1.165, 1.54) is 11.1 Å². The van der Waals surface area contributed by atoms with Gasteiger partial charge in [-0.1, -0.05) is 29.8 Å². The molecule has 1 heterocycles. The number of imidazole rings is 1. The molecule has 2 rings (SSSR count). The van der Waals surface area contributed by atoms with Crippen LogP contribution in [-0.2, 0) is 13.5 Å². The number of nitrogens with two attached hydrogens (primary N) is 1. The fourth-order valence-electron chi connectivity index (χ4n) is 1.54. The Morgan fingerprint density at radius 3 is 2.47 bits per heavy atom. The van der Waals surface area contributed by atoms with Gasteiger partial charge in [-0.2, -0.15) is 0 Å². The van der Waals surface area contributed by atoms with Gasteiger partial charge in [-0.25, -0.2) is 4.98 Å². The quantitative estimate of drug-likeness (QED) is 0.806. The third-order valence-corrected chi connectivity index (χ3v) is 2.47. The molecule has 0 saturated heterocycles. The standard InChI is InChI=1S/C12H15N3/c1-9-3-5-10(6-4-9)7-11-8-15(2)12(13)14-11/h3-6,8H,7H2,1-2H3,(H2,13,14). The van der Waals surface area contributed by atoms with E-state index in [2.05, 4.69) is 36.2 Å². The summed E-state index contributed by atoms with van der Waals surface area (Å²) in [5.41, 5.74) is 9.22. The van der Waals surface area contributed by atoms with Gasteiger partial charge >= 0.3 is 0 Å². The van der Waals surface area contributed by atoms with Crippen molar-refractivity contribution in [1.29, 1.82) is 0 Å². The second-order valence-corrected chi connectivity index (χ2v) is 3.86. The van der Waals surface area contributed by atoms with Gasteiger partial charge in [-0.05, 0) is 12.5 Å². The van der Waals surface area contributed by atoms with Crippen molar-refractivity contribution in [2.75, 3.05) is 5.73 Å². The van der Waals surface area contributed by atoms with Gasteiger partial charge in [0.25, 0.3) is 0 Å². The first kappa shape index (κ1) is 9.77. The highest BCUT2D eigenvalue weighted by Crippen LogP contribution is 2.10. The predicted molar refractivity (Wildman–Crippen MR) is 61.6 cm³/mol. The minimum atomic E-state index is 0.567. The predicted octanol–water partition coefficient (Wildman–Crippen LogP) is 1.90. The molecule has 0 bridgehead atoms. The molecule has 0 aliphatic rings. The molecule has 0 aliphatic heterocycles. The van der Waals surface area contributed by atoms with E-state index in [0.29, 0.717) is 5.95 Å². The van der Waals surface area contributed by atoms with Gasteiger partial charge in [0.05, 0.1) is 5.69 Å². The van der Waals surface area contributed by atoms with Crippen molar-refractivity contribution in [3.05, 3.63) is 47.3 Å². The number of aryl methyl sites for hydroxylation is 2. The number of anilines is 1. The van der Waals surface area contributed by atoms with E-state index in [9.17, 15) is 0 Å². The van der Waals surface area contributed by atoms with E-state index in [0.717, 1.165) is 12.1 Å². The highest BCUT2D eigenvalue weighted by molar-refractivity contribution is 5.28. The summed E-state index contributed by atoms with van der Waals surface area (Å²) in [5, 5.41) is 0. The Morgan fingerprint density at radius 2 is 1.93 bits per heavy atom. The van der Waals surface area contributed by atoms with Gasteiger partial charge in [0, 0.05) is 19.7 Å². The topological polar surface area (TPSA) is 43.8 Å². The van der Waals surface area contributed by atoms with Crippen molar-refractivity contribution in [3.8, 4) is 0 Å². The highest BCUT2D eigenvalue weighted by Gasteiger charge is 2.02. The van der Waals surface area contributed by atoms with E-state index in [1.807, 2.05) is 17.8 Å². The molecular weight excluding hydrogens is 186 g/mol. The van der Waals surface area contributed by atoms with Crippen molar-refractivity contribution in [2.45, 2.75) is 13.3 Å². The second-order valence-electron chi connectivity index (χ2n) is 3.86. The zero-order valence-corrected chi connectivity index (χ0v) is 9.07.